The minimum absolute atomic E-state index is 0.0895. The number of carbonyl (C=O) groups excluding carboxylic acids is 1. The summed E-state index contributed by atoms with van der Waals surface area (Å²) in [6, 6.07) is 14.6. The summed E-state index contributed by atoms with van der Waals surface area (Å²) in [6.07, 6.45) is 1.90. The van der Waals surface area contributed by atoms with Crippen LogP contribution in [-0.4, -0.2) is 40.1 Å². The fourth-order valence-corrected chi connectivity index (χ4v) is 3.84. The normalized spacial score (nSPS) is 15.4. The maximum atomic E-state index is 13.8. The summed E-state index contributed by atoms with van der Waals surface area (Å²) in [5.41, 5.74) is 3.82. The summed E-state index contributed by atoms with van der Waals surface area (Å²) >= 11 is 0. The van der Waals surface area contributed by atoms with E-state index in [1.165, 1.54) is 12.1 Å². The number of aromatic nitrogens is 1. The van der Waals surface area contributed by atoms with E-state index in [4.69, 9.17) is 0 Å². The highest BCUT2D eigenvalue weighted by Gasteiger charge is 2.22. The first-order valence-electron chi connectivity index (χ1n) is 9.43. The van der Waals surface area contributed by atoms with Gasteiger partial charge in [0.1, 0.15) is 5.82 Å². The number of hydrogen-bond donors (Lipinski definition) is 2. The highest BCUT2D eigenvalue weighted by atomic mass is 19.1. The number of halogens is 1. The molecule has 1 saturated heterocycles. The maximum Gasteiger partial charge on any atom is 0.222 e. The second-order valence-corrected chi connectivity index (χ2v) is 7.15. The Morgan fingerprint density at radius 1 is 1.15 bits per heavy atom. The van der Waals surface area contributed by atoms with Crippen molar-refractivity contribution in [1.82, 2.24) is 9.88 Å². The molecule has 2 N–H and O–H groups in total. The molecule has 0 spiro atoms. The number of fused-ring (bicyclic) bond motifs is 1. The van der Waals surface area contributed by atoms with Crippen LogP contribution in [0.3, 0.4) is 0 Å². The number of benzene rings is 2. The molecule has 140 valence electrons. The lowest BCUT2D eigenvalue weighted by atomic mass is 10.00. The standard InChI is InChI=1S/C22H23FN2O2/c23-16-6-8-20-19(14-16)18(22(24-20)15-4-2-1-3-5-15)7-9-21(27)25-12-10-17(26)11-13-25/h1-6,8,14,17,24,26H,7,9-13H2. The van der Waals surface area contributed by atoms with Crippen molar-refractivity contribution >= 4 is 16.8 Å². The second-order valence-electron chi connectivity index (χ2n) is 7.15. The molecule has 1 fully saturated rings. The third kappa shape index (κ3) is 3.74. The Hall–Kier alpha value is -2.66. The van der Waals surface area contributed by atoms with Crippen molar-refractivity contribution in [3.63, 3.8) is 0 Å². The van der Waals surface area contributed by atoms with Gasteiger partial charge in [-0.3, -0.25) is 4.79 Å². The van der Waals surface area contributed by atoms with Gasteiger partial charge in [-0.1, -0.05) is 30.3 Å². The highest BCUT2D eigenvalue weighted by molar-refractivity contribution is 5.91. The molecule has 1 amide bonds. The molecule has 1 aromatic heterocycles. The molecule has 0 bridgehead atoms. The number of nitrogens with one attached hydrogen (secondary N) is 1. The molecule has 0 unspecified atom stereocenters. The van der Waals surface area contributed by atoms with Gasteiger partial charge >= 0.3 is 0 Å². The predicted molar refractivity (Wildman–Crippen MR) is 104 cm³/mol. The van der Waals surface area contributed by atoms with Gasteiger partial charge in [0.05, 0.1) is 6.10 Å². The van der Waals surface area contributed by atoms with Crippen LogP contribution in [0.15, 0.2) is 48.5 Å². The monoisotopic (exact) mass is 366 g/mol. The van der Waals surface area contributed by atoms with Crippen LogP contribution in [0.4, 0.5) is 4.39 Å². The fourth-order valence-electron chi connectivity index (χ4n) is 3.84. The number of aliphatic hydroxyl groups excluding tert-OH is 1. The first-order chi connectivity index (χ1) is 13.1. The third-order valence-corrected chi connectivity index (χ3v) is 5.34. The molecule has 0 atom stereocenters. The zero-order valence-corrected chi connectivity index (χ0v) is 15.1. The minimum Gasteiger partial charge on any atom is -0.393 e. The summed E-state index contributed by atoms with van der Waals surface area (Å²) in [6.45, 7) is 1.21. The van der Waals surface area contributed by atoms with Gasteiger partial charge in [-0.2, -0.15) is 0 Å². The summed E-state index contributed by atoms with van der Waals surface area (Å²) in [5.74, 6) is -0.189. The van der Waals surface area contributed by atoms with E-state index in [-0.39, 0.29) is 17.8 Å². The van der Waals surface area contributed by atoms with Crippen molar-refractivity contribution in [2.45, 2.75) is 31.8 Å². The van der Waals surface area contributed by atoms with E-state index < -0.39 is 0 Å². The van der Waals surface area contributed by atoms with Crippen molar-refractivity contribution in [2.75, 3.05) is 13.1 Å². The zero-order valence-electron chi connectivity index (χ0n) is 15.1. The first-order valence-corrected chi connectivity index (χ1v) is 9.43. The lowest BCUT2D eigenvalue weighted by molar-refractivity contribution is -0.133. The molecule has 4 nitrogen and oxygen atoms in total. The molecule has 2 aromatic carbocycles. The Morgan fingerprint density at radius 2 is 1.89 bits per heavy atom. The number of aliphatic hydroxyl groups is 1. The summed E-state index contributed by atoms with van der Waals surface area (Å²) in [5, 5.41) is 10.4. The Morgan fingerprint density at radius 3 is 2.63 bits per heavy atom. The Kier molecular flexibility index (Phi) is 4.94. The van der Waals surface area contributed by atoms with Gasteiger partial charge in [-0.25, -0.2) is 4.39 Å². The topological polar surface area (TPSA) is 56.3 Å². The van der Waals surface area contributed by atoms with Crippen molar-refractivity contribution in [2.24, 2.45) is 0 Å². The minimum atomic E-state index is -0.296. The number of amides is 1. The van der Waals surface area contributed by atoms with Crippen LogP contribution in [0.5, 0.6) is 0 Å². The molecule has 0 radical (unpaired) electrons. The molecule has 2 heterocycles. The number of aryl methyl sites for hydroxylation is 1. The average molecular weight is 366 g/mol. The van der Waals surface area contributed by atoms with E-state index in [1.54, 1.807) is 6.07 Å². The average Bonchev–Trinajstić information content (AvgIpc) is 3.05. The van der Waals surface area contributed by atoms with Crippen LogP contribution >= 0.6 is 0 Å². The molecule has 1 aliphatic heterocycles. The molecule has 1 aliphatic rings. The molecule has 27 heavy (non-hydrogen) atoms. The van der Waals surface area contributed by atoms with E-state index in [2.05, 4.69) is 4.98 Å². The number of piperidine rings is 1. The van der Waals surface area contributed by atoms with Crippen molar-refractivity contribution in [3.8, 4) is 11.3 Å². The first kappa shape index (κ1) is 17.7. The summed E-state index contributed by atoms with van der Waals surface area (Å²) < 4.78 is 13.8. The van der Waals surface area contributed by atoms with E-state index in [1.807, 2.05) is 35.2 Å². The number of carbonyl (C=O) groups is 1. The quantitative estimate of drug-likeness (QED) is 0.736. The van der Waals surface area contributed by atoms with Gasteiger partial charge in [0.2, 0.25) is 5.91 Å². The zero-order chi connectivity index (χ0) is 18.8. The van der Waals surface area contributed by atoms with E-state index in [9.17, 15) is 14.3 Å². The lowest BCUT2D eigenvalue weighted by Crippen LogP contribution is -2.40. The largest absolute Gasteiger partial charge is 0.393 e. The number of aromatic amines is 1. The summed E-state index contributed by atoms with van der Waals surface area (Å²) in [4.78, 5) is 17.8. The Bertz CT molecular complexity index is 944. The third-order valence-electron chi connectivity index (χ3n) is 5.34. The number of rotatable bonds is 4. The van der Waals surface area contributed by atoms with E-state index >= 15 is 0 Å². The molecule has 5 heteroatoms. The van der Waals surface area contributed by atoms with Gasteiger partial charge in [-0.15, -0.1) is 0 Å². The Balaban J connectivity index is 1.61. The second kappa shape index (κ2) is 7.53. The SMILES string of the molecule is O=C(CCc1c(-c2ccccc2)[nH]c2ccc(F)cc12)N1CCC(O)CC1. The molecular formula is C22H23FN2O2. The highest BCUT2D eigenvalue weighted by Crippen LogP contribution is 2.32. The van der Waals surface area contributed by atoms with Crippen LogP contribution in [-0.2, 0) is 11.2 Å². The van der Waals surface area contributed by atoms with Gasteiger partial charge in [-0.05, 0) is 48.6 Å². The van der Waals surface area contributed by atoms with Crippen LogP contribution < -0.4 is 0 Å². The smallest absolute Gasteiger partial charge is 0.222 e. The van der Waals surface area contributed by atoms with Gasteiger partial charge in [0, 0.05) is 36.1 Å². The van der Waals surface area contributed by atoms with E-state index in [0.717, 1.165) is 27.7 Å². The molecular weight excluding hydrogens is 343 g/mol. The lowest BCUT2D eigenvalue weighted by Gasteiger charge is -2.29. The van der Waals surface area contributed by atoms with Crippen molar-refractivity contribution in [3.05, 3.63) is 59.9 Å². The Labute approximate surface area is 157 Å². The van der Waals surface area contributed by atoms with Crippen molar-refractivity contribution < 1.29 is 14.3 Å². The van der Waals surface area contributed by atoms with Gasteiger partial charge in [0.15, 0.2) is 0 Å². The number of hydrogen-bond acceptors (Lipinski definition) is 2. The number of H-pyrrole nitrogens is 1. The van der Waals surface area contributed by atoms with E-state index in [0.29, 0.717) is 38.8 Å². The number of nitrogens with zero attached hydrogens (tertiary/aromatic N) is 1. The van der Waals surface area contributed by atoms with Crippen LogP contribution in [0.25, 0.3) is 22.2 Å². The molecule has 0 aliphatic carbocycles. The van der Waals surface area contributed by atoms with Gasteiger partial charge in [0.25, 0.3) is 0 Å². The fraction of sp³-hybridized carbons (Fsp3) is 0.318. The van der Waals surface area contributed by atoms with Crippen LogP contribution in [0.2, 0.25) is 0 Å². The van der Waals surface area contributed by atoms with Crippen molar-refractivity contribution in [1.29, 1.82) is 0 Å². The molecule has 0 saturated carbocycles. The van der Waals surface area contributed by atoms with Gasteiger partial charge < -0.3 is 15.0 Å². The maximum absolute atomic E-state index is 13.8. The van der Waals surface area contributed by atoms with Crippen LogP contribution in [0.1, 0.15) is 24.8 Å². The molecule has 3 aromatic rings. The van der Waals surface area contributed by atoms with Crippen LogP contribution in [0, 0.1) is 5.82 Å². The number of likely N-dealkylation sites (tertiary alicyclic amines) is 1. The molecule has 4 rings (SSSR count). The predicted octanol–water partition coefficient (Wildman–Crippen LogP) is 3.89. The summed E-state index contributed by atoms with van der Waals surface area (Å²) in [7, 11) is 0.